The number of rotatable bonds is 4. The van der Waals surface area contributed by atoms with Crippen molar-refractivity contribution in [3.05, 3.63) is 0 Å². The van der Waals surface area contributed by atoms with Crippen LogP contribution in [-0.2, 0) is 30.9 Å². The Morgan fingerprint density at radius 1 is 1.82 bits per heavy atom. The zero-order chi connectivity index (χ0) is 7.98. The van der Waals surface area contributed by atoms with Gasteiger partial charge in [-0.25, -0.2) is 0 Å². The zero-order valence-electron chi connectivity index (χ0n) is 6.47. The van der Waals surface area contributed by atoms with Gasteiger partial charge in [0.05, 0.1) is 0 Å². The third-order valence-corrected chi connectivity index (χ3v) is 3.66. The van der Waals surface area contributed by atoms with Crippen molar-refractivity contribution in [3.8, 4) is 0 Å². The van der Waals surface area contributed by atoms with Crippen LogP contribution in [0.3, 0.4) is 0 Å². The number of primary amides is 1. The number of hydrogen-bond acceptors (Lipinski definition) is 2. The van der Waals surface area contributed by atoms with Crippen molar-refractivity contribution in [3.63, 3.8) is 0 Å². The third kappa shape index (κ3) is 8.36. The van der Waals surface area contributed by atoms with Crippen LogP contribution in [0.2, 0.25) is 3.93 Å². The predicted octanol–water partition coefficient (Wildman–Crippen LogP) is -3.36. The number of urea groups is 1. The summed E-state index contributed by atoms with van der Waals surface area (Å²) < 4.78 is 6.09. The van der Waals surface area contributed by atoms with Crippen LogP contribution in [0.5, 0.6) is 0 Å². The normalized spacial score (nSPS) is 11.5. The SMILES string of the molecule is CO[C@@H]([CH2][Hg+])CNC(N)=O.[Cl-]. The fourth-order valence-electron chi connectivity index (χ4n) is 0.518. The number of ether oxygens (including phenoxy) is 1. The largest absolute Gasteiger partial charge is 1.00 e. The number of carbonyl (C=O) groups is 1. The van der Waals surface area contributed by atoms with Crippen molar-refractivity contribution in [1.29, 1.82) is 0 Å². The van der Waals surface area contributed by atoms with Gasteiger partial charge in [-0.1, -0.05) is 0 Å². The molecular weight excluding hydrogens is 356 g/mol. The topological polar surface area (TPSA) is 64.3 Å². The molecule has 0 spiro atoms. The molecule has 0 saturated heterocycles. The van der Waals surface area contributed by atoms with E-state index in [4.69, 9.17) is 10.5 Å². The molecule has 4 nitrogen and oxygen atoms in total. The Kier molecular flexibility index (Phi) is 10.9. The fraction of sp³-hybridized carbons (Fsp3) is 0.800. The van der Waals surface area contributed by atoms with Gasteiger partial charge in [0.1, 0.15) is 0 Å². The fourth-order valence-corrected chi connectivity index (χ4v) is 2.23. The summed E-state index contributed by atoms with van der Waals surface area (Å²) >= 11 is 0.712. The van der Waals surface area contributed by atoms with Gasteiger partial charge in [-0.05, 0) is 0 Å². The molecule has 0 aliphatic heterocycles. The molecule has 0 fully saturated rings. The van der Waals surface area contributed by atoms with Gasteiger partial charge in [-0.3, -0.25) is 0 Å². The molecule has 62 valence electrons. The molecule has 0 bridgehead atoms. The first-order valence-electron chi connectivity index (χ1n) is 3.06. The molecule has 0 unspecified atom stereocenters. The van der Waals surface area contributed by atoms with E-state index in [0.29, 0.717) is 32.7 Å². The summed E-state index contributed by atoms with van der Waals surface area (Å²) in [5.74, 6) is 0. The van der Waals surface area contributed by atoms with Crippen molar-refractivity contribution in [2.24, 2.45) is 5.73 Å². The molecule has 0 aliphatic carbocycles. The molecule has 0 aliphatic rings. The van der Waals surface area contributed by atoms with Crippen molar-refractivity contribution in [2.45, 2.75) is 10.0 Å². The standard InChI is InChI=1S/C5H11N2O2.ClH.Hg/c1-4(9-2)3-7-5(6)8;;/h4H,1,3H2,2H3,(H3,6,7,8);1H;/q;;+1/p-1/t4-;;/m0../s1. The smallest absolute Gasteiger partial charge is 1.00 e. The first kappa shape index (κ1) is 14.0. The molecule has 3 N–H and O–H groups in total. The third-order valence-electron chi connectivity index (χ3n) is 1.16. The Hall–Kier alpha value is 0.455. The van der Waals surface area contributed by atoms with Gasteiger partial charge in [-0.15, -0.1) is 0 Å². The number of carbonyl (C=O) groups excluding carboxylic acids is 1. The summed E-state index contributed by atoms with van der Waals surface area (Å²) in [5.41, 5.74) is 4.86. The molecule has 0 saturated carbocycles. The summed E-state index contributed by atoms with van der Waals surface area (Å²) in [7, 11) is 1.64. The van der Waals surface area contributed by atoms with E-state index in [-0.39, 0.29) is 18.5 Å². The Bertz CT molecular complexity index is 111. The van der Waals surface area contributed by atoms with E-state index in [2.05, 4.69) is 5.32 Å². The number of halogens is 1. The second kappa shape index (κ2) is 8.55. The Balaban J connectivity index is 0. The average molecular weight is 367 g/mol. The molecule has 0 aromatic heterocycles. The quantitative estimate of drug-likeness (QED) is 0.510. The first-order valence-corrected chi connectivity index (χ1v) is 6.94. The Morgan fingerprint density at radius 2 is 2.36 bits per heavy atom. The summed E-state index contributed by atoms with van der Waals surface area (Å²) in [6, 6.07) is -0.483. The number of amides is 2. The second-order valence-corrected chi connectivity index (χ2v) is 4.14. The minimum Gasteiger partial charge on any atom is -1.00 e. The van der Waals surface area contributed by atoms with E-state index in [1.54, 1.807) is 7.11 Å². The van der Waals surface area contributed by atoms with Gasteiger partial charge in [0, 0.05) is 0 Å². The number of methoxy groups -OCH3 is 1. The van der Waals surface area contributed by atoms with Gasteiger partial charge in [0.15, 0.2) is 0 Å². The van der Waals surface area contributed by atoms with Crippen LogP contribution in [-0.4, -0.2) is 25.8 Å². The minimum atomic E-state index is -0.483. The number of nitrogens with one attached hydrogen (secondary N) is 1. The van der Waals surface area contributed by atoms with E-state index >= 15 is 0 Å². The first-order chi connectivity index (χ1) is 4.70. The Labute approximate surface area is 88.6 Å². The van der Waals surface area contributed by atoms with Crippen LogP contribution in [0, 0.1) is 0 Å². The van der Waals surface area contributed by atoms with Crippen molar-refractivity contribution < 1.29 is 48.1 Å². The molecule has 6 heteroatoms. The number of hydrogen-bond donors (Lipinski definition) is 2. The van der Waals surface area contributed by atoms with E-state index in [1.807, 2.05) is 0 Å². The van der Waals surface area contributed by atoms with E-state index in [1.165, 1.54) is 0 Å². The van der Waals surface area contributed by atoms with Gasteiger partial charge in [0.25, 0.3) is 0 Å². The van der Waals surface area contributed by atoms with E-state index in [9.17, 15) is 4.79 Å². The maximum atomic E-state index is 10.2. The van der Waals surface area contributed by atoms with Gasteiger partial charge >= 0.3 is 76.4 Å². The van der Waals surface area contributed by atoms with Crippen molar-refractivity contribution in [2.75, 3.05) is 13.7 Å². The predicted molar refractivity (Wildman–Crippen MR) is 33.2 cm³/mol. The molecule has 0 rings (SSSR count). The summed E-state index contributed by atoms with van der Waals surface area (Å²) in [6.45, 7) is 0.537. The van der Waals surface area contributed by atoms with Gasteiger partial charge in [-0.2, -0.15) is 0 Å². The molecule has 0 heterocycles. The summed E-state index contributed by atoms with van der Waals surface area (Å²) in [6.07, 6.45) is 0.163. The summed E-state index contributed by atoms with van der Waals surface area (Å²) in [4.78, 5) is 10.2. The van der Waals surface area contributed by atoms with Crippen LogP contribution in [0.15, 0.2) is 0 Å². The molecule has 1 atom stereocenters. The average Bonchev–Trinajstić information content (AvgIpc) is 1.90. The van der Waals surface area contributed by atoms with Crippen LogP contribution in [0.25, 0.3) is 0 Å². The van der Waals surface area contributed by atoms with Crippen LogP contribution in [0.4, 0.5) is 4.79 Å². The van der Waals surface area contributed by atoms with Gasteiger partial charge in [0.2, 0.25) is 0 Å². The maximum Gasteiger partial charge on any atom is -1.00 e. The van der Waals surface area contributed by atoms with E-state index in [0.717, 1.165) is 3.93 Å². The zero-order valence-corrected chi connectivity index (χ0v) is 12.7. The van der Waals surface area contributed by atoms with E-state index < -0.39 is 6.03 Å². The Morgan fingerprint density at radius 3 is 2.64 bits per heavy atom. The van der Waals surface area contributed by atoms with Crippen molar-refractivity contribution in [1.82, 2.24) is 5.32 Å². The maximum absolute atomic E-state index is 10.2. The molecular formula is C5H11ClHgN2O2. The van der Waals surface area contributed by atoms with Gasteiger partial charge < -0.3 is 12.4 Å². The molecule has 0 aromatic rings. The number of nitrogens with two attached hydrogens (primary N) is 1. The summed E-state index contributed by atoms with van der Waals surface area (Å²) in [5, 5.41) is 2.49. The molecule has 2 amide bonds. The monoisotopic (exact) mass is 368 g/mol. The molecule has 0 radical (unpaired) electrons. The van der Waals surface area contributed by atoms with Crippen LogP contribution >= 0.6 is 0 Å². The molecule has 0 aromatic carbocycles. The van der Waals surface area contributed by atoms with Crippen molar-refractivity contribution >= 4 is 6.03 Å². The molecule has 11 heavy (non-hydrogen) atoms. The van der Waals surface area contributed by atoms with Crippen LogP contribution < -0.4 is 23.5 Å². The van der Waals surface area contributed by atoms with Crippen LogP contribution in [0.1, 0.15) is 0 Å². The second-order valence-electron chi connectivity index (χ2n) is 1.89. The minimum absolute atomic E-state index is 0.